The zero-order valence-electron chi connectivity index (χ0n) is 15.1. The van der Waals surface area contributed by atoms with Gasteiger partial charge in [0.2, 0.25) is 0 Å². The van der Waals surface area contributed by atoms with E-state index in [1.165, 1.54) is 25.1 Å². The Morgan fingerprint density at radius 1 is 1.04 bits per heavy atom. The zero-order chi connectivity index (χ0) is 20.5. The van der Waals surface area contributed by atoms with Crippen molar-refractivity contribution < 1.29 is 24.9 Å². The van der Waals surface area contributed by atoms with Crippen LogP contribution in [0.5, 0.6) is 5.75 Å². The van der Waals surface area contributed by atoms with E-state index in [1.807, 2.05) is 0 Å². The third kappa shape index (κ3) is 6.00. The number of phenols is 1. The predicted molar refractivity (Wildman–Crippen MR) is 103 cm³/mol. The van der Waals surface area contributed by atoms with Crippen molar-refractivity contribution in [3.8, 4) is 29.4 Å². The number of carbonyl (C=O) groups excluding carboxylic acids is 2. The third-order valence-corrected chi connectivity index (χ3v) is 3.74. The number of phenolic OH excluding ortho intramolecular Hbond substituents is 1. The molecule has 0 aliphatic carbocycles. The van der Waals surface area contributed by atoms with Crippen LogP contribution in [0.25, 0.3) is 0 Å². The number of aliphatic hydroxyl groups excluding tert-OH is 2. The van der Waals surface area contributed by atoms with Crippen LogP contribution in [0, 0.1) is 23.7 Å². The number of hydrogen-bond acceptors (Lipinski definition) is 5. The van der Waals surface area contributed by atoms with E-state index in [2.05, 4.69) is 29.0 Å². The van der Waals surface area contributed by atoms with E-state index < -0.39 is 30.4 Å². The molecule has 2 aromatic rings. The molecule has 2 rings (SSSR count). The molecule has 0 bridgehead atoms. The molecule has 0 saturated carbocycles. The van der Waals surface area contributed by atoms with Crippen molar-refractivity contribution in [3.63, 3.8) is 0 Å². The molecule has 1 amide bonds. The van der Waals surface area contributed by atoms with Gasteiger partial charge in [0.25, 0.3) is 5.91 Å². The van der Waals surface area contributed by atoms with Crippen LogP contribution in [0.15, 0.2) is 48.5 Å². The largest absolute Gasteiger partial charge is 0.508 e. The third-order valence-electron chi connectivity index (χ3n) is 3.74. The minimum Gasteiger partial charge on any atom is -0.508 e. The average molecular weight is 377 g/mol. The van der Waals surface area contributed by atoms with E-state index in [0.717, 1.165) is 0 Å². The van der Waals surface area contributed by atoms with Crippen molar-refractivity contribution in [3.05, 3.63) is 65.2 Å². The van der Waals surface area contributed by atoms with Crippen LogP contribution in [-0.4, -0.2) is 45.8 Å². The second kappa shape index (κ2) is 9.94. The monoisotopic (exact) mass is 377 g/mol. The summed E-state index contributed by atoms with van der Waals surface area (Å²) in [4.78, 5) is 23.8. The molecule has 2 atom stereocenters. The Morgan fingerprint density at radius 3 is 2.25 bits per heavy atom. The van der Waals surface area contributed by atoms with Crippen LogP contribution < -0.4 is 5.32 Å². The van der Waals surface area contributed by atoms with Gasteiger partial charge in [-0.1, -0.05) is 17.9 Å². The first-order valence-electron chi connectivity index (χ1n) is 8.44. The van der Waals surface area contributed by atoms with E-state index in [9.17, 15) is 19.8 Å². The molecule has 2 aromatic carbocycles. The molecule has 0 radical (unpaired) electrons. The number of aliphatic hydroxyl groups is 2. The number of aromatic hydroxyl groups is 1. The summed E-state index contributed by atoms with van der Waals surface area (Å²) in [5.74, 6) is 9.93. The Morgan fingerprint density at radius 2 is 1.68 bits per heavy atom. The van der Waals surface area contributed by atoms with Crippen molar-refractivity contribution in [1.29, 1.82) is 0 Å². The number of amides is 1. The highest BCUT2D eigenvalue weighted by Crippen LogP contribution is 2.09. The summed E-state index contributed by atoms with van der Waals surface area (Å²) in [5.41, 5.74) is 1.57. The van der Waals surface area contributed by atoms with Crippen LogP contribution >= 0.6 is 0 Å². The SMILES string of the molecule is C[C@@H](O)[C@H](NC(=O)c1ccc(C#CC#Cc2cccc(O)c2)cc1)C(=O)CO. The van der Waals surface area contributed by atoms with Crippen molar-refractivity contribution in [2.45, 2.75) is 19.1 Å². The minimum atomic E-state index is -1.18. The summed E-state index contributed by atoms with van der Waals surface area (Å²) in [7, 11) is 0. The summed E-state index contributed by atoms with van der Waals surface area (Å²) in [6.45, 7) is 0.586. The first-order valence-corrected chi connectivity index (χ1v) is 8.44. The molecule has 0 heterocycles. The Labute approximate surface area is 162 Å². The van der Waals surface area contributed by atoms with Gasteiger partial charge in [0.15, 0.2) is 5.78 Å². The highest BCUT2D eigenvalue weighted by Gasteiger charge is 2.25. The van der Waals surface area contributed by atoms with Crippen LogP contribution in [0.1, 0.15) is 28.4 Å². The van der Waals surface area contributed by atoms with Gasteiger partial charge in [-0.05, 0) is 61.2 Å². The van der Waals surface area contributed by atoms with Gasteiger partial charge in [-0.3, -0.25) is 9.59 Å². The second-order valence-corrected chi connectivity index (χ2v) is 5.94. The van der Waals surface area contributed by atoms with Gasteiger partial charge in [0, 0.05) is 16.7 Å². The lowest BCUT2D eigenvalue weighted by atomic mass is 10.1. The molecule has 0 aliphatic rings. The van der Waals surface area contributed by atoms with Crippen molar-refractivity contribution >= 4 is 11.7 Å². The van der Waals surface area contributed by atoms with Crippen LogP contribution in [-0.2, 0) is 4.79 Å². The number of rotatable bonds is 5. The molecule has 0 fully saturated rings. The molecule has 28 heavy (non-hydrogen) atoms. The van der Waals surface area contributed by atoms with Crippen molar-refractivity contribution in [2.75, 3.05) is 6.61 Å². The average Bonchev–Trinajstić information content (AvgIpc) is 2.69. The number of Topliss-reactive ketones (excluding diaryl/α,β-unsaturated/α-hetero) is 1. The number of ketones is 1. The van der Waals surface area contributed by atoms with E-state index in [1.54, 1.807) is 30.3 Å². The van der Waals surface area contributed by atoms with Gasteiger partial charge in [-0.15, -0.1) is 0 Å². The molecule has 0 aromatic heterocycles. The summed E-state index contributed by atoms with van der Waals surface area (Å²) >= 11 is 0. The van der Waals surface area contributed by atoms with Gasteiger partial charge in [0.05, 0.1) is 6.10 Å². The Bertz CT molecular complexity index is 972. The summed E-state index contributed by atoms with van der Waals surface area (Å²) < 4.78 is 0. The Kier molecular flexibility index (Phi) is 7.36. The highest BCUT2D eigenvalue weighted by atomic mass is 16.3. The molecule has 0 aliphatic heterocycles. The summed E-state index contributed by atoms with van der Waals surface area (Å²) in [5, 5.41) is 30.3. The van der Waals surface area contributed by atoms with E-state index in [4.69, 9.17) is 5.11 Å². The quantitative estimate of drug-likeness (QED) is 0.578. The summed E-state index contributed by atoms with van der Waals surface area (Å²) in [6, 6.07) is 11.7. The van der Waals surface area contributed by atoms with Crippen molar-refractivity contribution in [1.82, 2.24) is 5.32 Å². The standard InChI is InChI=1S/C22H19NO5/c1-15(25)21(20(27)14-24)23-22(28)18-11-9-16(10-12-18)5-2-3-6-17-7-4-8-19(26)13-17/h4,7-13,15,21,24-26H,14H2,1H3,(H,23,28)/t15-,21+/m1/s1. The molecule has 6 nitrogen and oxygen atoms in total. The second-order valence-electron chi connectivity index (χ2n) is 5.94. The Balaban J connectivity index is 2.04. The minimum absolute atomic E-state index is 0.132. The topological polar surface area (TPSA) is 107 Å². The fourth-order valence-corrected chi connectivity index (χ4v) is 2.29. The van der Waals surface area contributed by atoms with Crippen molar-refractivity contribution in [2.24, 2.45) is 0 Å². The number of benzene rings is 2. The first-order chi connectivity index (χ1) is 13.4. The normalized spacial score (nSPS) is 11.8. The lowest BCUT2D eigenvalue weighted by Crippen LogP contribution is -2.48. The molecular formula is C22H19NO5. The van der Waals surface area contributed by atoms with Crippen LogP contribution in [0.4, 0.5) is 0 Å². The summed E-state index contributed by atoms with van der Waals surface area (Å²) in [6.07, 6.45) is -1.13. The molecule has 6 heteroatoms. The molecular weight excluding hydrogens is 358 g/mol. The maximum Gasteiger partial charge on any atom is 0.251 e. The molecule has 142 valence electrons. The number of hydrogen-bond donors (Lipinski definition) is 4. The molecule has 0 spiro atoms. The number of nitrogens with one attached hydrogen (secondary N) is 1. The van der Waals surface area contributed by atoms with Gasteiger partial charge in [-0.25, -0.2) is 0 Å². The van der Waals surface area contributed by atoms with E-state index in [0.29, 0.717) is 11.1 Å². The van der Waals surface area contributed by atoms with Gasteiger partial charge >= 0.3 is 0 Å². The van der Waals surface area contributed by atoms with Gasteiger partial charge in [-0.2, -0.15) is 0 Å². The zero-order valence-corrected chi connectivity index (χ0v) is 15.1. The van der Waals surface area contributed by atoms with Gasteiger partial charge < -0.3 is 20.6 Å². The van der Waals surface area contributed by atoms with E-state index in [-0.39, 0.29) is 11.3 Å². The lowest BCUT2D eigenvalue weighted by Gasteiger charge is -2.19. The lowest BCUT2D eigenvalue weighted by molar-refractivity contribution is -0.125. The highest BCUT2D eigenvalue weighted by molar-refractivity contribution is 5.98. The molecule has 0 unspecified atom stereocenters. The fraction of sp³-hybridized carbons (Fsp3) is 0.182. The predicted octanol–water partition coefficient (Wildman–Crippen LogP) is 0.836. The van der Waals surface area contributed by atoms with E-state index >= 15 is 0 Å². The molecule has 4 N–H and O–H groups in total. The van der Waals surface area contributed by atoms with Crippen LogP contribution in [0.3, 0.4) is 0 Å². The maximum absolute atomic E-state index is 12.2. The Hall–Kier alpha value is -3.58. The maximum atomic E-state index is 12.2. The molecule has 0 saturated heterocycles. The first kappa shape index (κ1) is 20.7. The fourth-order valence-electron chi connectivity index (χ4n) is 2.29. The number of carbonyl (C=O) groups is 2. The smallest absolute Gasteiger partial charge is 0.251 e. The van der Waals surface area contributed by atoms with Crippen LogP contribution in [0.2, 0.25) is 0 Å². The van der Waals surface area contributed by atoms with Gasteiger partial charge in [0.1, 0.15) is 18.4 Å².